The topological polar surface area (TPSA) is 38.9 Å². The lowest BCUT2D eigenvalue weighted by Crippen LogP contribution is -1.92. The smallest absolute Gasteiger partial charge is 0.135 e. The van der Waals surface area contributed by atoms with Gasteiger partial charge in [0.25, 0.3) is 0 Å². The first-order valence-corrected chi connectivity index (χ1v) is 12.8. The summed E-state index contributed by atoms with van der Waals surface area (Å²) in [5.74, 6) is 0. The highest BCUT2D eigenvalue weighted by Gasteiger charge is 2.13. The Hall–Kier alpha value is -5.02. The number of furan rings is 1. The van der Waals surface area contributed by atoms with Crippen molar-refractivity contribution in [3.8, 4) is 22.4 Å². The van der Waals surface area contributed by atoms with Crippen LogP contribution in [0, 0.1) is 6.92 Å². The largest absolute Gasteiger partial charge is 0.456 e. The summed E-state index contributed by atoms with van der Waals surface area (Å²) >= 11 is 0. The van der Waals surface area contributed by atoms with Crippen LogP contribution in [0.15, 0.2) is 120 Å². The maximum atomic E-state index is 6.05. The Labute approximate surface area is 219 Å². The fourth-order valence-corrected chi connectivity index (χ4v) is 5.67. The third kappa shape index (κ3) is 3.15. The minimum atomic E-state index is 0.872. The number of fused-ring (bicyclic) bond motifs is 9. The maximum absolute atomic E-state index is 6.05. The molecule has 0 aliphatic carbocycles. The number of aryl methyl sites for hydroxylation is 1. The van der Waals surface area contributed by atoms with Crippen LogP contribution in [-0.4, -0.2) is 9.97 Å². The Kier molecular flexibility index (Phi) is 4.44. The van der Waals surface area contributed by atoms with Gasteiger partial charge in [0.15, 0.2) is 0 Å². The van der Waals surface area contributed by atoms with Crippen LogP contribution in [0.4, 0.5) is 0 Å². The summed E-state index contributed by atoms with van der Waals surface area (Å²) in [6.07, 6.45) is 1.89. The zero-order valence-electron chi connectivity index (χ0n) is 20.8. The molecule has 0 saturated carbocycles. The molecule has 6 aromatic carbocycles. The van der Waals surface area contributed by atoms with Crippen LogP contribution in [0.3, 0.4) is 0 Å². The van der Waals surface area contributed by atoms with Crippen molar-refractivity contribution in [1.82, 2.24) is 9.97 Å². The van der Waals surface area contributed by atoms with Crippen LogP contribution < -0.4 is 0 Å². The summed E-state index contributed by atoms with van der Waals surface area (Å²) in [6, 6.07) is 38.3. The molecule has 0 amide bonds. The van der Waals surface area contributed by atoms with Gasteiger partial charge in [0.2, 0.25) is 0 Å². The Morgan fingerprint density at radius 1 is 0.500 bits per heavy atom. The van der Waals surface area contributed by atoms with Crippen molar-refractivity contribution in [3.05, 3.63) is 121 Å². The molecule has 0 aliphatic rings. The maximum Gasteiger partial charge on any atom is 0.135 e. The molecule has 0 fully saturated rings. The molecule has 178 valence electrons. The third-order valence-electron chi connectivity index (χ3n) is 7.57. The van der Waals surface area contributed by atoms with Crippen molar-refractivity contribution in [1.29, 1.82) is 0 Å². The second kappa shape index (κ2) is 7.99. The predicted octanol–water partition coefficient (Wildman–Crippen LogP) is 9.48. The van der Waals surface area contributed by atoms with Gasteiger partial charge in [-0.25, -0.2) is 4.98 Å². The monoisotopic (exact) mass is 486 g/mol. The minimum Gasteiger partial charge on any atom is -0.456 e. The average molecular weight is 487 g/mol. The van der Waals surface area contributed by atoms with Crippen LogP contribution in [0.5, 0.6) is 0 Å². The van der Waals surface area contributed by atoms with E-state index in [0.717, 1.165) is 66.1 Å². The van der Waals surface area contributed by atoms with Gasteiger partial charge in [-0.05, 0) is 53.1 Å². The molecular weight excluding hydrogens is 464 g/mol. The standard InChI is InChI=1S/C35H22N2O/c1-21-10-16-32-29(18-21)30-19-24(15-17-33(30)38-32)22-11-13-23(14-12-22)31-20-36-34-27-8-4-2-6-25(27)26-7-3-5-9-28(26)35(34)37-31/h2-20H,1H3. The molecule has 0 atom stereocenters. The molecule has 0 saturated heterocycles. The third-order valence-corrected chi connectivity index (χ3v) is 7.57. The molecule has 2 heterocycles. The zero-order chi connectivity index (χ0) is 25.2. The Balaban J connectivity index is 1.24. The van der Waals surface area contributed by atoms with Crippen molar-refractivity contribution in [3.63, 3.8) is 0 Å². The summed E-state index contributed by atoms with van der Waals surface area (Å²) in [6.45, 7) is 2.11. The Morgan fingerprint density at radius 3 is 1.82 bits per heavy atom. The van der Waals surface area contributed by atoms with Gasteiger partial charge in [0.05, 0.1) is 22.9 Å². The fourth-order valence-electron chi connectivity index (χ4n) is 5.67. The van der Waals surface area contributed by atoms with Crippen LogP contribution >= 0.6 is 0 Å². The SMILES string of the molecule is Cc1ccc2oc3ccc(-c4ccc(-c5cnc6c7ccccc7c7ccccc7c6n5)cc4)cc3c2c1. The van der Waals surface area contributed by atoms with E-state index in [4.69, 9.17) is 14.4 Å². The minimum absolute atomic E-state index is 0.872. The number of hydrogen-bond acceptors (Lipinski definition) is 3. The normalized spacial score (nSPS) is 11.8. The van der Waals surface area contributed by atoms with Crippen LogP contribution in [0.2, 0.25) is 0 Å². The quantitative estimate of drug-likeness (QED) is 0.228. The van der Waals surface area contributed by atoms with Crippen molar-refractivity contribution in [2.24, 2.45) is 0 Å². The van der Waals surface area contributed by atoms with Crippen molar-refractivity contribution in [2.75, 3.05) is 0 Å². The van der Waals surface area contributed by atoms with E-state index in [1.165, 1.54) is 16.3 Å². The average Bonchev–Trinajstić information content (AvgIpc) is 3.34. The number of benzene rings is 6. The van der Waals surface area contributed by atoms with E-state index >= 15 is 0 Å². The summed E-state index contributed by atoms with van der Waals surface area (Å²) in [5.41, 5.74) is 9.18. The molecule has 0 spiro atoms. The second-order valence-electron chi connectivity index (χ2n) is 9.93. The molecule has 0 aliphatic heterocycles. The zero-order valence-corrected chi connectivity index (χ0v) is 20.8. The number of rotatable bonds is 2. The highest BCUT2D eigenvalue weighted by atomic mass is 16.3. The van der Waals surface area contributed by atoms with Crippen molar-refractivity contribution >= 4 is 54.5 Å². The Morgan fingerprint density at radius 2 is 1.08 bits per heavy atom. The van der Waals surface area contributed by atoms with E-state index in [9.17, 15) is 0 Å². The summed E-state index contributed by atoms with van der Waals surface area (Å²) in [7, 11) is 0. The first kappa shape index (κ1) is 21.1. The second-order valence-corrected chi connectivity index (χ2v) is 9.93. The van der Waals surface area contributed by atoms with Gasteiger partial charge in [0, 0.05) is 27.1 Å². The summed E-state index contributed by atoms with van der Waals surface area (Å²) in [4.78, 5) is 10.0. The molecule has 38 heavy (non-hydrogen) atoms. The van der Waals surface area contributed by atoms with E-state index in [2.05, 4.69) is 116 Å². The first-order valence-electron chi connectivity index (χ1n) is 12.8. The van der Waals surface area contributed by atoms with Crippen LogP contribution in [-0.2, 0) is 0 Å². The van der Waals surface area contributed by atoms with Gasteiger partial charge in [0.1, 0.15) is 11.2 Å². The molecule has 0 unspecified atom stereocenters. The van der Waals surface area contributed by atoms with Crippen LogP contribution in [0.1, 0.15) is 5.56 Å². The lowest BCUT2D eigenvalue weighted by atomic mass is 9.99. The fraction of sp³-hybridized carbons (Fsp3) is 0.0286. The molecule has 0 radical (unpaired) electrons. The summed E-state index contributed by atoms with van der Waals surface area (Å²) < 4.78 is 6.05. The van der Waals surface area contributed by atoms with Gasteiger partial charge in [-0.15, -0.1) is 0 Å². The van der Waals surface area contributed by atoms with Gasteiger partial charge in [-0.3, -0.25) is 4.98 Å². The molecule has 3 heteroatoms. The van der Waals surface area contributed by atoms with Crippen molar-refractivity contribution in [2.45, 2.75) is 6.92 Å². The predicted molar refractivity (Wildman–Crippen MR) is 157 cm³/mol. The van der Waals surface area contributed by atoms with E-state index in [1.807, 2.05) is 6.20 Å². The molecular formula is C35H22N2O. The van der Waals surface area contributed by atoms with Crippen LogP contribution in [0.25, 0.3) is 76.9 Å². The molecule has 8 aromatic rings. The molecule has 0 N–H and O–H groups in total. The molecule has 0 bridgehead atoms. The molecule has 2 aromatic heterocycles. The van der Waals surface area contributed by atoms with E-state index in [0.29, 0.717) is 0 Å². The molecule has 3 nitrogen and oxygen atoms in total. The van der Waals surface area contributed by atoms with E-state index in [-0.39, 0.29) is 0 Å². The number of hydrogen-bond donors (Lipinski definition) is 0. The van der Waals surface area contributed by atoms with Gasteiger partial charge in [-0.2, -0.15) is 0 Å². The summed E-state index contributed by atoms with van der Waals surface area (Å²) in [5, 5.41) is 6.97. The van der Waals surface area contributed by atoms with Gasteiger partial charge >= 0.3 is 0 Å². The van der Waals surface area contributed by atoms with Crippen molar-refractivity contribution < 1.29 is 4.42 Å². The Bertz CT molecular complexity index is 2150. The number of aromatic nitrogens is 2. The van der Waals surface area contributed by atoms with E-state index in [1.54, 1.807) is 0 Å². The highest BCUT2D eigenvalue weighted by molar-refractivity contribution is 6.23. The van der Waals surface area contributed by atoms with Gasteiger partial charge < -0.3 is 4.42 Å². The highest BCUT2D eigenvalue weighted by Crippen LogP contribution is 2.35. The lowest BCUT2D eigenvalue weighted by Gasteiger charge is -2.10. The number of nitrogens with zero attached hydrogens (tertiary/aromatic N) is 2. The van der Waals surface area contributed by atoms with E-state index < -0.39 is 0 Å². The van der Waals surface area contributed by atoms with Gasteiger partial charge in [-0.1, -0.05) is 90.5 Å². The molecule has 8 rings (SSSR count). The first-order chi connectivity index (χ1) is 18.7. The lowest BCUT2D eigenvalue weighted by molar-refractivity contribution is 0.669.